The zero-order valence-electron chi connectivity index (χ0n) is 29.0. The van der Waals surface area contributed by atoms with Crippen LogP contribution in [0.15, 0.2) is 66.4 Å². The van der Waals surface area contributed by atoms with Gasteiger partial charge in [0.2, 0.25) is 12.6 Å². The van der Waals surface area contributed by atoms with Gasteiger partial charge >= 0.3 is 5.97 Å². The molecule has 3 aromatic rings. The van der Waals surface area contributed by atoms with E-state index in [0.29, 0.717) is 11.1 Å². The minimum absolute atomic E-state index is 0.0396. The van der Waals surface area contributed by atoms with E-state index in [4.69, 9.17) is 33.2 Å². The molecule has 3 aliphatic rings. The minimum Gasteiger partial charge on any atom is -0.571 e. The van der Waals surface area contributed by atoms with Gasteiger partial charge in [-0.1, -0.05) is 12.1 Å². The average molecular weight is 774 g/mol. The standard InChI is InChI=1S/C37H40O18/c1-49-24-10-17(5-8-21(24)41)35-25(13-20-22(51-35)11-19(40)12-23(20)52-36-33(47)31(45)29(43)26(14-38)54-36)53-37-34(48)32(46)30(44)27(55-37)15-50-28(42)9-4-16-2-6-18(39)7-3-16/h2-13,26-27,29-41,43-48H,14-15H2,1H3/p+1. The van der Waals surface area contributed by atoms with Crippen LogP contribution in [0.5, 0.6) is 34.5 Å². The second kappa shape index (κ2) is 16.7. The number of hydrogen-bond donors (Lipinski definition) is 10. The monoisotopic (exact) mass is 773 g/mol. The number of phenolic OH excluding ortho intramolecular Hbond substituents is 3. The van der Waals surface area contributed by atoms with E-state index in [1.807, 2.05) is 0 Å². The zero-order valence-corrected chi connectivity index (χ0v) is 29.0. The number of ether oxygens (including phenoxy) is 7. The largest absolute Gasteiger partial charge is 0.571 e. The number of phenols is 3. The first-order valence-corrected chi connectivity index (χ1v) is 16.9. The van der Waals surface area contributed by atoms with Gasteiger partial charge in [0.1, 0.15) is 78.3 Å². The molecule has 55 heavy (non-hydrogen) atoms. The number of aliphatic hydroxyl groups excluding tert-OH is 7. The molecular formula is C37H41O18+. The summed E-state index contributed by atoms with van der Waals surface area (Å²) in [5.74, 6) is -1.41. The predicted molar refractivity (Wildman–Crippen MR) is 185 cm³/mol. The van der Waals surface area contributed by atoms with Crippen LogP contribution in [0.3, 0.4) is 0 Å². The van der Waals surface area contributed by atoms with Gasteiger partial charge in [-0.15, -0.1) is 0 Å². The highest BCUT2D eigenvalue weighted by molar-refractivity contribution is 5.87. The number of fused-ring (bicyclic) bond motifs is 1. The Balaban J connectivity index is 1.29. The van der Waals surface area contributed by atoms with Crippen LogP contribution >= 0.6 is 0 Å². The fourth-order valence-corrected chi connectivity index (χ4v) is 6.11. The summed E-state index contributed by atoms with van der Waals surface area (Å²) in [7, 11) is 1.33. The molecule has 0 amide bonds. The van der Waals surface area contributed by atoms with Crippen molar-refractivity contribution in [2.75, 3.05) is 20.3 Å². The lowest BCUT2D eigenvalue weighted by Crippen LogP contribution is -2.60. The zero-order chi connectivity index (χ0) is 39.6. The van der Waals surface area contributed by atoms with Crippen molar-refractivity contribution in [3.05, 3.63) is 83.1 Å². The third-order valence-electron chi connectivity index (χ3n) is 9.16. The average Bonchev–Trinajstić information content (AvgIpc) is 3.17. The molecule has 18 heteroatoms. The summed E-state index contributed by atoms with van der Waals surface area (Å²) in [5.41, 5.74) is 1.06. The van der Waals surface area contributed by atoms with Crippen LogP contribution in [0.4, 0.5) is 0 Å². The lowest BCUT2D eigenvalue weighted by atomic mass is 9.98. The molecule has 3 aliphatic heterocycles. The van der Waals surface area contributed by atoms with Crippen molar-refractivity contribution in [1.82, 2.24) is 0 Å². The van der Waals surface area contributed by atoms with Crippen molar-refractivity contribution in [3.63, 3.8) is 0 Å². The molecule has 0 radical (unpaired) electrons. The summed E-state index contributed by atoms with van der Waals surface area (Å²) in [6, 6.07) is 12.7. The lowest BCUT2D eigenvalue weighted by molar-refractivity contribution is -0.296. The Morgan fingerprint density at radius 3 is 2.09 bits per heavy atom. The van der Waals surface area contributed by atoms with Crippen LogP contribution in [0.25, 0.3) is 12.2 Å². The SMILES string of the molecule is COc1cc(C2[OH+]c3cc(O)cc(OC4OC(CO)C(O)C(O)C4O)c3C=C2OC2OC(COC(=O)C=Cc3ccc(O)cc3)C(O)C(O)C2O)ccc1O. The number of methoxy groups -OCH3 is 1. The van der Waals surface area contributed by atoms with Crippen molar-refractivity contribution in [2.24, 2.45) is 0 Å². The van der Waals surface area contributed by atoms with Gasteiger partial charge < -0.3 is 84.2 Å². The maximum absolute atomic E-state index is 12.5. The molecule has 3 aromatic carbocycles. The molecule has 0 bridgehead atoms. The maximum Gasteiger partial charge on any atom is 0.330 e. The van der Waals surface area contributed by atoms with E-state index in [9.17, 15) is 55.9 Å². The number of hydrogen-bond acceptors (Lipinski definition) is 17. The highest BCUT2D eigenvalue weighted by Crippen LogP contribution is 2.47. The summed E-state index contributed by atoms with van der Waals surface area (Å²) in [6.45, 7) is -1.31. The number of rotatable bonds is 11. The van der Waals surface area contributed by atoms with Gasteiger partial charge in [-0.05, 0) is 42.0 Å². The van der Waals surface area contributed by atoms with Crippen molar-refractivity contribution in [3.8, 4) is 34.5 Å². The van der Waals surface area contributed by atoms with Crippen molar-refractivity contribution in [1.29, 1.82) is 0 Å². The Bertz CT molecular complexity index is 1880. The number of aromatic hydroxyl groups is 4. The van der Waals surface area contributed by atoms with Gasteiger partial charge in [-0.2, -0.15) is 0 Å². The highest BCUT2D eigenvalue weighted by atomic mass is 16.7. The van der Waals surface area contributed by atoms with Gasteiger partial charge in [0, 0.05) is 18.2 Å². The first kappa shape index (κ1) is 39.5. The number of aliphatic hydroxyl groups is 8. The topological polar surface area (TPSA) is 288 Å². The third kappa shape index (κ3) is 8.57. The molecule has 2 saturated heterocycles. The van der Waals surface area contributed by atoms with Crippen LogP contribution in [-0.2, 0) is 23.7 Å². The molecule has 2 fully saturated rings. The molecule has 11 atom stereocenters. The Labute approximate surface area is 312 Å². The summed E-state index contributed by atoms with van der Waals surface area (Å²) >= 11 is 0. The highest BCUT2D eigenvalue weighted by Gasteiger charge is 2.48. The van der Waals surface area contributed by atoms with Gasteiger partial charge in [0.25, 0.3) is 11.9 Å². The van der Waals surface area contributed by atoms with Crippen LogP contribution < -0.4 is 9.47 Å². The van der Waals surface area contributed by atoms with E-state index >= 15 is 0 Å². The Morgan fingerprint density at radius 1 is 0.764 bits per heavy atom. The third-order valence-corrected chi connectivity index (χ3v) is 9.16. The van der Waals surface area contributed by atoms with Gasteiger partial charge in [0.15, 0.2) is 17.3 Å². The smallest absolute Gasteiger partial charge is 0.330 e. The molecule has 0 aliphatic carbocycles. The summed E-state index contributed by atoms with van der Waals surface area (Å²) in [6.07, 6.45) is -14.0. The quantitative estimate of drug-likeness (QED) is 0.0662. The molecule has 0 spiro atoms. The van der Waals surface area contributed by atoms with Gasteiger partial charge in [-0.3, -0.25) is 0 Å². The Morgan fingerprint density at radius 2 is 1.42 bits per heavy atom. The molecule has 0 saturated carbocycles. The molecule has 296 valence electrons. The van der Waals surface area contributed by atoms with Crippen molar-refractivity contribution < 1.29 is 89.0 Å². The fraction of sp³-hybridized carbons (Fsp3) is 0.378. The molecule has 6 rings (SSSR count). The Hall–Kier alpha value is -5.15. The maximum atomic E-state index is 12.5. The molecule has 11 unspecified atom stereocenters. The normalized spacial score (nSPS) is 30.5. The van der Waals surface area contributed by atoms with Gasteiger partial charge in [0.05, 0.1) is 25.3 Å². The van der Waals surface area contributed by atoms with E-state index in [1.165, 1.54) is 55.7 Å². The molecular weight excluding hydrogens is 732 g/mol. The number of benzene rings is 3. The Kier molecular flexibility index (Phi) is 12.0. The number of carbonyl (C=O) groups excluding carboxylic acids is 1. The van der Waals surface area contributed by atoms with E-state index in [-0.39, 0.29) is 45.8 Å². The second-order valence-corrected chi connectivity index (χ2v) is 12.9. The van der Waals surface area contributed by atoms with Crippen LogP contribution in [-0.4, -0.2) is 144 Å². The fourth-order valence-electron chi connectivity index (χ4n) is 6.11. The van der Waals surface area contributed by atoms with Crippen LogP contribution in [0, 0.1) is 0 Å². The van der Waals surface area contributed by atoms with E-state index in [2.05, 4.69) is 0 Å². The predicted octanol–water partition coefficient (Wildman–Crippen LogP) is -0.591. The summed E-state index contributed by atoms with van der Waals surface area (Å²) in [5, 5.41) is 104. The van der Waals surface area contributed by atoms with Crippen molar-refractivity contribution in [2.45, 2.75) is 67.5 Å². The molecule has 18 nitrogen and oxygen atoms in total. The number of esters is 1. The van der Waals surface area contributed by atoms with Crippen LogP contribution in [0.1, 0.15) is 22.8 Å². The van der Waals surface area contributed by atoms with Gasteiger partial charge in [-0.25, -0.2) is 4.79 Å². The first-order valence-electron chi connectivity index (χ1n) is 16.9. The molecule has 11 N–H and O–H groups in total. The number of carbonyl (C=O) groups is 1. The summed E-state index contributed by atoms with van der Waals surface area (Å²) in [4.78, 5) is 12.5. The van der Waals surface area contributed by atoms with E-state index < -0.39 is 86.7 Å². The molecule has 3 heterocycles. The van der Waals surface area contributed by atoms with Crippen LogP contribution in [0.2, 0.25) is 0 Å². The van der Waals surface area contributed by atoms with Crippen molar-refractivity contribution >= 4 is 18.1 Å². The molecule has 0 aromatic heterocycles. The van der Waals surface area contributed by atoms with E-state index in [1.54, 1.807) is 12.1 Å². The minimum atomic E-state index is -1.86. The first-order chi connectivity index (χ1) is 26.3. The van der Waals surface area contributed by atoms with E-state index in [0.717, 1.165) is 12.1 Å². The lowest BCUT2D eigenvalue weighted by Gasteiger charge is -2.41. The second-order valence-electron chi connectivity index (χ2n) is 12.9. The summed E-state index contributed by atoms with van der Waals surface area (Å²) < 4.78 is 38.5.